The maximum absolute atomic E-state index is 4.51. The summed E-state index contributed by atoms with van der Waals surface area (Å²) in [7, 11) is 0. The number of allylic oxidation sites excluding steroid dienone is 1. The first kappa shape index (κ1) is 16.4. The maximum Gasteiger partial charge on any atom is 0.207 e. The highest BCUT2D eigenvalue weighted by atomic mass is 32.1. The molecule has 3 aromatic rings. The standard InChI is InChI=1S/C19H20N4S/c1-14-8-10-16(11-9-14)13-20-15(2)12-18-22-19(24-23-18)21-17-6-4-3-5-7-17/h3-12,20H,13H2,1-2H3,(H,21,22,23)/p+1. The zero-order chi connectivity index (χ0) is 16.8. The van der Waals surface area contributed by atoms with Gasteiger partial charge in [-0.3, -0.25) is 0 Å². The number of anilines is 2. The molecule has 0 amide bonds. The van der Waals surface area contributed by atoms with Crippen molar-refractivity contribution in [3.8, 4) is 0 Å². The minimum atomic E-state index is 0.746. The number of para-hydroxylation sites is 1. The number of nitrogens with one attached hydrogen (secondary N) is 1. The van der Waals surface area contributed by atoms with E-state index in [0.717, 1.165) is 23.2 Å². The minimum Gasteiger partial charge on any atom is -0.330 e. The molecule has 0 unspecified atom stereocenters. The van der Waals surface area contributed by atoms with Gasteiger partial charge in [-0.25, -0.2) is 0 Å². The SMILES string of the molecule is CC(=Cc1nsc(Nc2ccccc2)n1)[NH2+]Cc1ccc(C)cc1. The van der Waals surface area contributed by atoms with Crippen LogP contribution in [-0.4, -0.2) is 9.36 Å². The quantitative estimate of drug-likeness (QED) is 0.721. The molecule has 0 fully saturated rings. The molecule has 3 rings (SSSR count). The molecule has 0 aliphatic rings. The summed E-state index contributed by atoms with van der Waals surface area (Å²) >= 11 is 1.37. The first-order chi connectivity index (χ1) is 11.7. The van der Waals surface area contributed by atoms with Crippen LogP contribution in [0.15, 0.2) is 60.3 Å². The number of nitrogens with zero attached hydrogens (tertiary/aromatic N) is 2. The zero-order valence-corrected chi connectivity index (χ0v) is 14.7. The van der Waals surface area contributed by atoms with E-state index in [2.05, 4.69) is 58.1 Å². The molecule has 0 spiro atoms. The lowest BCUT2D eigenvalue weighted by atomic mass is 10.1. The van der Waals surface area contributed by atoms with Gasteiger partial charge in [0, 0.05) is 35.8 Å². The van der Waals surface area contributed by atoms with E-state index in [9.17, 15) is 0 Å². The zero-order valence-electron chi connectivity index (χ0n) is 13.9. The Morgan fingerprint density at radius 3 is 2.62 bits per heavy atom. The van der Waals surface area contributed by atoms with Crippen molar-refractivity contribution >= 4 is 28.4 Å². The van der Waals surface area contributed by atoms with Crippen LogP contribution in [0.5, 0.6) is 0 Å². The van der Waals surface area contributed by atoms with Crippen LogP contribution in [0.25, 0.3) is 6.08 Å². The van der Waals surface area contributed by atoms with Crippen LogP contribution < -0.4 is 10.6 Å². The predicted molar refractivity (Wildman–Crippen MR) is 100 cm³/mol. The Balaban J connectivity index is 1.58. The van der Waals surface area contributed by atoms with Gasteiger partial charge in [0.25, 0.3) is 0 Å². The Hall–Kier alpha value is -2.50. The Labute approximate surface area is 146 Å². The molecule has 4 nitrogen and oxygen atoms in total. The van der Waals surface area contributed by atoms with E-state index in [4.69, 9.17) is 0 Å². The first-order valence-corrected chi connectivity index (χ1v) is 8.69. The third kappa shape index (κ3) is 4.75. The van der Waals surface area contributed by atoms with Crippen molar-refractivity contribution in [2.24, 2.45) is 0 Å². The highest BCUT2D eigenvalue weighted by Gasteiger charge is 2.04. The Kier molecular flexibility index (Phi) is 5.36. The number of aromatic nitrogens is 2. The molecule has 0 bridgehead atoms. The highest BCUT2D eigenvalue weighted by Crippen LogP contribution is 2.18. The summed E-state index contributed by atoms with van der Waals surface area (Å²) in [6.45, 7) is 5.11. The largest absolute Gasteiger partial charge is 0.330 e. The fourth-order valence-corrected chi connectivity index (χ4v) is 2.83. The number of quaternary nitrogens is 1. The van der Waals surface area contributed by atoms with Gasteiger partial charge in [-0.15, -0.1) is 0 Å². The van der Waals surface area contributed by atoms with E-state index < -0.39 is 0 Å². The van der Waals surface area contributed by atoms with Crippen molar-refractivity contribution in [2.75, 3.05) is 5.32 Å². The second kappa shape index (κ2) is 7.86. The maximum atomic E-state index is 4.51. The number of benzene rings is 2. The normalized spacial score (nSPS) is 11.5. The van der Waals surface area contributed by atoms with Gasteiger partial charge >= 0.3 is 0 Å². The van der Waals surface area contributed by atoms with Crippen molar-refractivity contribution < 1.29 is 5.32 Å². The van der Waals surface area contributed by atoms with Gasteiger partial charge < -0.3 is 10.6 Å². The predicted octanol–water partition coefficient (Wildman–Crippen LogP) is 3.71. The average Bonchev–Trinajstić information content (AvgIpc) is 3.02. The monoisotopic (exact) mass is 337 g/mol. The van der Waals surface area contributed by atoms with Gasteiger partial charge in [0.15, 0.2) is 5.82 Å². The molecular formula is C19H21N4S+. The lowest BCUT2D eigenvalue weighted by Gasteiger charge is -2.01. The Morgan fingerprint density at radius 1 is 1.12 bits per heavy atom. The van der Waals surface area contributed by atoms with Crippen LogP contribution in [-0.2, 0) is 6.54 Å². The van der Waals surface area contributed by atoms with Crippen LogP contribution >= 0.6 is 11.5 Å². The average molecular weight is 337 g/mol. The Bertz CT molecular complexity index is 807. The van der Waals surface area contributed by atoms with Crippen molar-refractivity contribution in [2.45, 2.75) is 20.4 Å². The van der Waals surface area contributed by atoms with E-state index in [0.29, 0.717) is 0 Å². The summed E-state index contributed by atoms with van der Waals surface area (Å²) in [5.74, 6) is 0.746. The molecule has 0 atom stereocenters. The Morgan fingerprint density at radius 2 is 1.88 bits per heavy atom. The molecule has 2 aromatic carbocycles. The van der Waals surface area contributed by atoms with Crippen LogP contribution in [0, 0.1) is 6.92 Å². The summed E-state index contributed by atoms with van der Waals surface area (Å²) < 4.78 is 4.39. The van der Waals surface area contributed by atoms with E-state index in [1.54, 1.807) is 0 Å². The molecule has 0 saturated heterocycles. The molecule has 122 valence electrons. The lowest BCUT2D eigenvalue weighted by Crippen LogP contribution is -2.79. The van der Waals surface area contributed by atoms with Crippen molar-refractivity contribution in [1.82, 2.24) is 9.36 Å². The molecule has 5 heteroatoms. The molecule has 3 N–H and O–H groups in total. The number of rotatable bonds is 6. The van der Waals surface area contributed by atoms with Crippen LogP contribution in [0.4, 0.5) is 10.8 Å². The van der Waals surface area contributed by atoms with Gasteiger partial charge in [0.05, 0.1) is 0 Å². The minimum absolute atomic E-state index is 0.746. The third-order valence-corrected chi connectivity index (χ3v) is 4.25. The number of hydrogen-bond donors (Lipinski definition) is 2. The first-order valence-electron chi connectivity index (χ1n) is 7.92. The summed E-state index contributed by atoms with van der Waals surface area (Å²) in [5.41, 5.74) is 4.79. The molecule has 0 aliphatic heterocycles. The third-order valence-electron chi connectivity index (χ3n) is 3.60. The number of aryl methyl sites for hydroxylation is 1. The van der Waals surface area contributed by atoms with E-state index >= 15 is 0 Å². The fourth-order valence-electron chi connectivity index (χ4n) is 2.25. The van der Waals surface area contributed by atoms with Gasteiger partial charge in [-0.2, -0.15) is 9.36 Å². The van der Waals surface area contributed by atoms with Crippen molar-refractivity contribution in [1.29, 1.82) is 0 Å². The van der Waals surface area contributed by atoms with Crippen LogP contribution in [0.2, 0.25) is 0 Å². The van der Waals surface area contributed by atoms with Gasteiger partial charge in [0.1, 0.15) is 12.2 Å². The summed E-state index contributed by atoms with van der Waals surface area (Å²) in [4.78, 5) is 4.51. The molecule has 1 aromatic heterocycles. The smallest absolute Gasteiger partial charge is 0.207 e. The highest BCUT2D eigenvalue weighted by molar-refractivity contribution is 7.09. The number of hydrogen-bond acceptors (Lipinski definition) is 4. The lowest BCUT2D eigenvalue weighted by molar-refractivity contribution is -0.621. The molecule has 0 saturated carbocycles. The molecule has 24 heavy (non-hydrogen) atoms. The van der Waals surface area contributed by atoms with Gasteiger partial charge in [-0.05, 0) is 19.1 Å². The van der Waals surface area contributed by atoms with Crippen LogP contribution in [0.1, 0.15) is 23.9 Å². The molecular weight excluding hydrogens is 316 g/mol. The second-order valence-electron chi connectivity index (χ2n) is 5.73. The summed E-state index contributed by atoms with van der Waals surface area (Å²) in [5, 5.41) is 6.27. The van der Waals surface area contributed by atoms with Crippen molar-refractivity contribution in [3.05, 3.63) is 77.2 Å². The fraction of sp³-hybridized carbons (Fsp3) is 0.158. The van der Waals surface area contributed by atoms with E-state index in [1.807, 2.05) is 36.4 Å². The van der Waals surface area contributed by atoms with Gasteiger partial charge in [-0.1, -0.05) is 48.0 Å². The van der Waals surface area contributed by atoms with Crippen molar-refractivity contribution in [3.63, 3.8) is 0 Å². The summed E-state index contributed by atoms with van der Waals surface area (Å²) in [6.07, 6.45) is 2.01. The molecule has 0 radical (unpaired) electrons. The molecule has 0 aliphatic carbocycles. The second-order valence-corrected chi connectivity index (χ2v) is 6.48. The van der Waals surface area contributed by atoms with E-state index in [-0.39, 0.29) is 0 Å². The number of nitrogens with two attached hydrogens (primary N) is 1. The molecule has 1 heterocycles. The summed E-state index contributed by atoms with van der Waals surface area (Å²) in [6, 6.07) is 18.6. The topological polar surface area (TPSA) is 54.4 Å². The van der Waals surface area contributed by atoms with Gasteiger partial charge in [0.2, 0.25) is 5.13 Å². The van der Waals surface area contributed by atoms with Crippen LogP contribution in [0.3, 0.4) is 0 Å². The van der Waals surface area contributed by atoms with E-state index in [1.165, 1.54) is 28.4 Å².